The number of nitrogens with zero attached hydrogens (tertiary/aromatic N) is 1. The van der Waals surface area contributed by atoms with Crippen LogP contribution in [0, 0.1) is 0 Å². The Hall–Kier alpha value is -0.900. The van der Waals surface area contributed by atoms with E-state index in [4.69, 9.17) is 0 Å². The van der Waals surface area contributed by atoms with Crippen LogP contribution in [0.2, 0.25) is 0 Å². The van der Waals surface area contributed by atoms with Crippen molar-refractivity contribution in [3.05, 3.63) is 0 Å². The van der Waals surface area contributed by atoms with Crippen LogP contribution in [0.15, 0.2) is 0 Å². The Morgan fingerprint density at radius 1 is 1.27 bits per heavy atom. The van der Waals surface area contributed by atoms with E-state index in [0.29, 0.717) is 12.1 Å². The zero-order valence-corrected chi connectivity index (χ0v) is 9.75. The maximum atomic E-state index is 11.4. The molecule has 1 aliphatic heterocycles. The number of hydrogen-bond donors (Lipinski definition) is 1. The third-order valence-electron chi connectivity index (χ3n) is 2.86. The van der Waals surface area contributed by atoms with Gasteiger partial charge in [-0.05, 0) is 33.6 Å². The van der Waals surface area contributed by atoms with Gasteiger partial charge in [-0.15, -0.1) is 0 Å². The highest BCUT2D eigenvalue weighted by atomic mass is 16.2. The van der Waals surface area contributed by atoms with Crippen LogP contribution in [0.5, 0.6) is 0 Å². The van der Waals surface area contributed by atoms with E-state index < -0.39 is 0 Å². The normalized spacial score (nSPS) is 27.4. The molecule has 0 bridgehead atoms. The van der Waals surface area contributed by atoms with Crippen molar-refractivity contribution in [3.8, 4) is 0 Å². The van der Waals surface area contributed by atoms with Gasteiger partial charge in [0.05, 0.1) is 6.42 Å². The second-order valence-corrected chi connectivity index (χ2v) is 4.45. The van der Waals surface area contributed by atoms with Gasteiger partial charge in [0.15, 0.2) is 0 Å². The van der Waals surface area contributed by atoms with Crippen molar-refractivity contribution in [3.63, 3.8) is 0 Å². The summed E-state index contributed by atoms with van der Waals surface area (Å²) in [7, 11) is 0. The molecule has 1 heterocycles. The van der Waals surface area contributed by atoms with Gasteiger partial charge in [0.25, 0.3) is 0 Å². The van der Waals surface area contributed by atoms with Crippen LogP contribution in [0.1, 0.15) is 46.5 Å². The van der Waals surface area contributed by atoms with Gasteiger partial charge in [0, 0.05) is 12.1 Å². The highest BCUT2D eigenvalue weighted by molar-refractivity contribution is 5.96. The first-order valence-electron chi connectivity index (χ1n) is 5.58. The van der Waals surface area contributed by atoms with Crippen molar-refractivity contribution in [2.24, 2.45) is 0 Å². The zero-order valence-electron chi connectivity index (χ0n) is 9.75. The molecule has 1 saturated heterocycles. The van der Waals surface area contributed by atoms with Gasteiger partial charge >= 0.3 is 0 Å². The Morgan fingerprint density at radius 3 is 2.27 bits per heavy atom. The van der Waals surface area contributed by atoms with Crippen LogP contribution in [0.4, 0.5) is 0 Å². The van der Waals surface area contributed by atoms with E-state index in [1.165, 1.54) is 13.3 Å². The Bertz CT molecular complexity index is 243. The molecule has 86 valence electrons. The van der Waals surface area contributed by atoms with Gasteiger partial charge in [-0.3, -0.25) is 15.0 Å². The Kier molecular flexibility index (Phi) is 4.27. The molecule has 1 amide bonds. The van der Waals surface area contributed by atoms with Gasteiger partial charge in [-0.1, -0.05) is 6.42 Å². The van der Waals surface area contributed by atoms with Gasteiger partial charge in [-0.2, -0.15) is 0 Å². The fourth-order valence-corrected chi connectivity index (χ4v) is 2.05. The largest absolute Gasteiger partial charge is 0.299 e. The first kappa shape index (κ1) is 12.2. The Balaban J connectivity index is 2.47. The minimum atomic E-state index is -0.192. The summed E-state index contributed by atoms with van der Waals surface area (Å²) >= 11 is 0. The number of amides is 1. The third kappa shape index (κ3) is 3.63. The summed E-state index contributed by atoms with van der Waals surface area (Å²) in [6.45, 7) is 5.63. The predicted octanol–water partition coefficient (Wildman–Crippen LogP) is 1.26. The minimum absolute atomic E-state index is 0.0179. The number of hydrazine groups is 1. The molecule has 0 unspecified atom stereocenters. The van der Waals surface area contributed by atoms with Crippen molar-refractivity contribution in [1.82, 2.24) is 10.4 Å². The molecule has 15 heavy (non-hydrogen) atoms. The van der Waals surface area contributed by atoms with Crippen LogP contribution < -0.4 is 5.43 Å². The molecule has 1 fully saturated rings. The zero-order chi connectivity index (χ0) is 11.4. The number of nitrogens with one attached hydrogen (secondary N) is 1. The van der Waals surface area contributed by atoms with E-state index in [9.17, 15) is 9.59 Å². The molecule has 2 atom stereocenters. The van der Waals surface area contributed by atoms with E-state index in [-0.39, 0.29) is 18.1 Å². The highest BCUT2D eigenvalue weighted by Crippen LogP contribution is 2.20. The van der Waals surface area contributed by atoms with Crippen molar-refractivity contribution >= 4 is 11.7 Å². The average Bonchev–Trinajstić information content (AvgIpc) is 2.10. The monoisotopic (exact) mass is 212 g/mol. The van der Waals surface area contributed by atoms with E-state index in [0.717, 1.165) is 12.8 Å². The molecule has 4 heteroatoms. The number of carbonyl (C=O) groups is 2. The number of hydrogen-bond acceptors (Lipinski definition) is 3. The molecule has 1 aliphatic rings. The first-order valence-corrected chi connectivity index (χ1v) is 5.58. The Morgan fingerprint density at radius 2 is 1.80 bits per heavy atom. The van der Waals surface area contributed by atoms with Gasteiger partial charge in [0.1, 0.15) is 5.78 Å². The summed E-state index contributed by atoms with van der Waals surface area (Å²) in [4.78, 5) is 22.2. The summed E-state index contributed by atoms with van der Waals surface area (Å²) in [6.07, 6.45) is 3.40. The highest BCUT2D eigenvalue weighted by Gasteiger charge is 2.26. The molecular formula is C11H20N2O2. The van der Waals surface area contributed by atoms with Crippen LogP contribution in [-0.4, -0.2) is 28.8 Å². The third-order valence-corrected chi connectivity index (χ3v) is 2.86. The molecule has 4 nitrogen and oxygen atoms in total. The summed E-state index contributed by atoms with van der Waals surface area (Å²) in [5.74, 6) is -0.284. The standard InChI is InChI=1S/C11H20N2O2/c1-8-5-4-6-9(2)13(8)12-11(15)7-10(3)14/h8-9H,4-7H2,1-3H3,(H,12,15)/t8-,9-/m0/s1. The molecule has 1 rings (SSSR count). The lowest BCUT2D eigenvalue weighted by molar-refractivity contribution is -0.133. The van der Waals surface area contributed by atoms with E-state index in [2.05, 4.69) is 19.3 Å². The lowest BCUT2D eigenvalue weighted by Gasteiger charge is -2.38. The SMILES string of the molecule is CC(=O)CC(=O)NN1[C@@H](C)CCC[C@@H]1C. The maximum Gasteiger partial charge on any atom is 0.241 e. The first-order chi connectivity index (χ1) is 7.00. The lowest BCUT2D eigenvalue weighted by atomic mass is 10.00. The predicted molar refractivity (Wildman–Crippen MR) is 58.1 cm³/mol. The average molecular weight is 212 g/mol. The second kappa shape index (κ2) is 5.26. The topological polar surface area (TPSA) is 49.4 Å². The molecule has 0 radical (unpaired) electrons. The molecule has 0 aromatic rings. The van der Waals surface area contributed by atoms with Crippen molar-refractivity contribution in [2.75, 3.05) is 0 Å². The molecular weight excluding hydrogens is 192 g/mol. The van der Waals surface area contributed by atoms with Crippen LogP contribution in [0.25, 0.3) is 0 Å². The summed E-state index contributed by atoms with van der Waals surface area (Å²) < 4.78 is 0. The smallest absolute Gasteiger partial charge is 0.241 e. The van der Waals surface area contributed by atoms with Crippen LogP contribution in [-0.2, 0) is 9.59 Å². The fourth-order valence-electron chi connectivity index (χ4n) is 2.05. The van der Waals surface area contributed by atoms with Gasteiger partial charge in [0.2, 0.25) is 5.91 Å². The van der Waals surface area contributed by atoms with Gasteiger partial charge < -0.3 is 0 Å². The Labute approximate surface area is 91.0 Å². The van der Waals surface area contributed by atoms with E-state index in [1.54, 1.807) is 0 Å². The van der Waals surface area contributed by atoms with Crippen molar-refractivity contribution in [2.45, 2.75) is 58.5 Å². The van der Waals surface area contributed by atoms with Crippen LogP contribution in [0.3, 0.4) is 0 Å². The van der Waals surface area contributed by atoms with Gasteiger partial charge in [-0.25, -0.2) is 5.01 Å². The quantitative estimate of drug-likeness (QED) is 0.716. The molecule has 0 aromatic carbocycles. The molecule has 1 N–H and O–H groups in total. The number of Topliss-reactive ketones (excluding diaryl/α,β-unsaturated/α-hetero) is 1. The molecule has 0 spiro atoms. The summed E-state index contributed by atoms with van der Waals surface area (Å²) in [5.41, 5.74) is 2.82. The number of ketones is 1. The fraction of sp³-hybridized carbons (Fsp3) is 0.818. The van der Waals surface area contributed by atoms with E-state index in [1.807, 2.05) is 5.01 Å². The minimum Gasteiger partial charge on any atom is -0.299 e. The number of carbonyl (C=O) groups excluding carboxylic acids is 2. The van der Waals surface area contributed by atoms with Crippen molar-refractivity contribution < 1.29 is 9.59 Å². The summed E-state index contributed by atoms with van der Waals surface area (Å²) in [6, 6.07) is 0.731. The summed E-state index contributed by atoms with van der Waals surface area (Å²) in [5, 5.41) is 1.98. The molecule has 0 aliphatic carbocycles. The molecule has 0 saturated carbocycles. The maximum absolute atomic E-state index is 11.4. The second-order valence-electron chi connectivity index (χ2n) is 4.45. The number of piperidine rings is 1. The van der Waals surface area contributed by atoms with Crippen LogP contribution >= 0.6 is 0 Å². The van der Waals surface area contributed by atoms with E-state index >= 15 is 0 Å². The van der Waals surface area contributed by atoms with Crippen molar-refractivity contribution in [1.29, 1.82) is 0 Å². The lowest BCUT2D eigenvalue weighted by Crippen LogP contribution is -2.54. The number of rotatable bonds is 3. The molecule has 0 aromatic heterocycles.